The van der Waals surface area contributed by atoms with Crippen LogP contribution in [0.5, 0.6) is 0 Å². The van der Waals surface area contributed by atoms with Crippen LogP contribution in [0.4, 0.5) is 21.8 Å². The van der Waals surface area contributed by atoms with Crippen molar-refractivity contribution in [1.82, 2.24) is 20.1 Å². The zero-order chi connectivity index (χ0) is 19.9. The van der Waals surface area contributed by atoms with E-state index in [2.05, 4.69) is 54.6 Å². The van der Waals surface area contributed by atoms with Gasteiger partial charge in [0.25, 0.3) is 0 Å². The van der Waals surface area contributed by atoms with Gasteiger partial charge >= 0.3 is 0 Å². The first-order valence-corrected chi connectivity index (χ1v) is 9.67. The van der Waals surface area contributed by atoms with Crippen molar-refractivity contribution >= 4 is 23.5 Å². The van der Waals surface area contributed by atoms with E-state index in [1.54, 1.807) is 18.3 Å². The zero-order valence-corrected chi connectivity index (χ0v) is 16.1. The van der Waals surface area contributed by atoms with Gasteiger partial charge in [0.1, 0.15) is 5.82 Å². The van der Waals surface area contributed by atoms with E-state index in [1.807, 2.05) is 18.2 Å². The summed E-state index contributed by atoms with van der Waals surface area (Å²) in [4.78, 5) is 9.06. The molecule has 1 aliphatic rings. The Morgan fingerprint density at radius 3 is 2.62 bits per heavy atom. The van der Waals surface area contributed by atoms with Crippen molar-refractivity contribution in [2.75, 3.05) is 42.9 Å². The molecule has 0 bridgehead atoms. The largest absolute Gasteiger partial charge is 0.339 e. The van der Waals surface area contributed by atoms with Crippen molar-refractivity contribution in [2.45, 2.75) is 0 Å². The van der Waals surface area contributed by atoms with Crippen LogP contribution in [-0.4, -0.2) is 52.8 Å². The third kappa shape index (κ3) is 5.36. The van der Waals surface area contributed by atoms with Gasteiger partial charge in [-0.15, -0.1) is 5.10 Å². The van der Waals surface area contributed by atoms with Gasteiger partial charge in [0.15, 0.2) is 5.82 Å². The highest BCUT2D eigenvalue weighted by Gasteiger charge is 2.18. The lowest BCUT2D eigenvalue weighted by Gasteiger charge is -2.33. The molecule has 1 saturated heterocycles. The first-order valence-electron chi connectivity index (χ1n) is 9.67. The molecule has 148 valence electrons. The summed E-state index contributed by atoms with van der Waals surface area (Å²) in [5.74, 6) is 0.842. The van der Waals surface area contributed by atoms with E-state index in [1.165, 1.54) is 17.7 Å². The number of nitrogens with one attached hydrogen (secondary N) is 1. The molecule has 1 aromatic heterocycles. The normalized spacial score (nSPS) is 15.0. The molecule has 0 atom stereocenters. The minimum Gasteiger partial charge on any atom is -0.339 e. The van der Waals surface area contributed by atoms with Crippen LogP contribution in [0.1, 0.15) is 5.56 Å². The molecule has 3 aromatic rings. The highest BCUT2D eigenvalue weighted by Crippen LogP contribution is 2.17. The molecule has 0 saturated carbocycles. The molecular formula is C22H23FN6. The number of hydrogen-bond donors (Lipinski definition) is 1. The topological polar surface area (TPSA) is 57.2 Å². The van der Waals surface area contributed by atoms with Gasteiger partial charge in [0.2, 0.25) is 5.95 Å². The molecule has 1 fully saturated rings. The van der Waals surface area contributed by atoms with E-state index < -0.39 is 0 Å². The zero-order valence-electron chi connectivity index (χ0n) is 16.1. The van der Waals surface area contributed by atoms with Crippen molar-refractivity contribution in [3.8, 4) is 0 Å². The predicted octanol–water partition coefficient (Wildman–Crippen LogP) is 3.59. The Bertz CT molecular complexity index is 954. The van der Waals surface area contributed by atoms with Crippen molar-refractivity contribution in [2.24, 2.45) is 0 Å². The van der Waals surface area contributed by atoms with Crippen molar-refractivity contribution in [3.63, 3.8) is 0 Å². The van der Waals surface area contributed by atoms with Crippen LogP contribution < -0.4 is 10.2 Å². The molecule has 7 heteroatoms. The average Bonchev–Trinajstić information content (AvgIpc) is 2.75. The lowest BCUT2D eigenvalue weighted by atomic mass is 10.2. The van der Waals surface area contributed by atoms with Crippen LogP contribution in [0, 0.1) is 5.82 Å². The smallest absolute Gasteiger partial charge is 0.247 e. The van der Waals surface area contributed by atoms with Gasteiger partial charge in [-0.3, -0.25) is 4.90 Å². The van der Waals surface area contributed by atoms with Gasteiger partial charge in [-0.1, -0.05) is 48.6 Å². The second-order valence-corrected chi connectivity index (χ2v) is 6.88. The summed E-state index contributed by atoms with van der Waals surface area (Å²) in [6.07, 6.45) is 5.90. The minimum atomic E-state index is -0.297. The Hall–Kier alpha value is -3.32. The van der Waals surface area contributed by atoms with Crippen molar-refractivity contribution in [3.05, 3.63) is 78.3 Å². The quantitative estimate of drug-likeness (QED) is 0.694. The molecule has 6 nitrogen and oxygen atoms in total. The molecule has 0 unspecified atom stereocenters. The van der Waals surface area contributed by atoms with Crippen LogP contribution >= 0.6 is 0 Å². The van der Waals surface area contributed by atoms with Crippen LogP contribution in [0.25, 0.3) is 6.08 Å². The van der Waals surface area contributed by atoms with Gasteiger partial charge in [0.05, 0.1) is 6.20 Å². The first kappa shape index (κ1) is 19.0. The van der Waals surface area contributed by atoms with E-state index in [0.717, 1.165) is 32.7 Å². The van der Waals surface area contributed by atoms with Gasteiger partial charge in [-0.25, -0.2) is 4.39 Å². The minimum absolute atomic E-state index is 0.297. The van der Waals surface area contributed by atoms with E-state index in [0.29, 0.717) is 17.5 Å². The van der Waals surface area contributed by atoms with E-state index >= 15 is 0 Å². The fourth-order valence-electron chi connectivity index (χ4n) is 3.23. The SMILES string of the molecule is Fc1cccc(Nc2cnnc(N3CCN(C/C=C/c4ccccc4)CC3)n2)c1. The Morgan fingerprint density at radius 2 is 1.83 bits per heavy atom. The predicted molar refractivity (Wildman–Crippen MR) is 114 cm³/mol. The molecule has 4 rings (SSSR count). The molecule has 2 heterocycles. The summed E-state index contributed by atoms with van der Waals surface area (Å²) in [5.41, 5.74) is 1.85. The lowest BCUT2D eigenvalue weighted by Crippen LogP contribution is -2.47. The van der Waals surface area contributed by atoms with Crippen LogP contribution in [0.3, 0.4) is 0 Å². The van der Waals surface area contributed by atoms with E-state index in [4.69, 9.17) is 0 Å². The fraction of sp³-hybridized carbons (Fsp3) is 0.227. The summed E-state index contributed by atoms with van der Waals surface area (Å²) >= 11 is 0. The molecular weight excluding hydrogens is 367 g/mol. The maximum Gasteiger partial charge on any atom is 0.247 e. The Labute approximate surface area is 169 Å². The van der Waals surface area contributed by atoms with Gasteiger partial charge in [0, 0.05) is 38.4 Å². The molecule has 0 radical (unpaired) electrons. The summed E-state index contributed by atoms with van der Waals surface area (Å²) < 4.78 is 13.4. The van der Waals surface area contributed by atoms with Gasteiger partial charge in [-0.2, -0.15) is 10.1 Å². The number of benzene rings is 2. The first-order chi connectivity index (χ1) is 14.3. The Morgan fingerprint density at radius 1 is 1.00 bits per heavy atom. The monoisotopic (exact) mass is 390 g/mol. The van der Waals surface area contributed by atoms with Crippen LogP contribution in [0.15, 0.2) is 66.9 Å². The third-order valence-electron chi connectivity index (χ3n) is 4.77. The van der Waals surface area contributed by atoms with E-state index in [9.17, 15) is 4.39 Å². The molecule has 0 aliphatic carbocycles. The summed E-state index contributed by atoms with van der Waals surface area (Å²) in [5, 5.41) is 11.3. The van der Waals surface area contributed by atoms with Crippen molar-refractivity contribution < 1.29 is 4.39 Å². The summed E-state index contributed by atoms with van der Waals surface area (Å²) in [6.45, 7) is 4.46. The summed E-state index contributed by atoms with van der Waals surface area (Å²) in [7, 11) is 0. The number of rotatable bonds is 6. The maximum atomic E-state index is 13.4. The lowest BCUT2D eigenvalue weighted by molar-refractivity contribution is 0.282. The number of hydrogen-bond acceptors (Lipinski definition) is 6. The Balaban J connectivity index is 1.31. The average molecular weight is 390 g/mol. The second kappa shape index (κ2) is 9.25. The second-order valence-electron chi connectivity index (χ2n) is 6.88. The molecule has 1 N–H and O–H groups in total. The molecule has 29 heavy (non-hydrogen) atoms. The van der Waals surface area contributed by atoms with E-state index in [-0.39, 0.29) is 5.82 Å². The molecule has 2 aromatic carbocycles. The van der Waals surface area contributed by atoms with Gasteiger partial charge in [-0.05, 0) is 23.8 Å². The fourth-order valence-corrected chi connectivity index (χ4v) is 3.23. The molecule has 0 amide bonds. The molecule has 0 spiro atoms. The highest BCUT2D eigenvalue weighted by atomic mass is 19.1. The maximum absolute atomic E-state index is 13.4. The van der Waals surface area contributed by atoms with Crippen LogP contribution in [-0.2, 0) is 0 Å². The number of piperazine rings is 1. The standard InChI is InChI=1S/C22H23FN6/c23-19-9-4-10-20(16-19)25-21-17-24-27-22(26-21)29-14-12-28(13-15-29)11-5-8-18-6-2-1-3-7-18/h1-10,16-17H,11-15H2,(H,25,26,27)/b8-5+. The summed E-state index contributed by atoms with van der Waals surface area (Å²) in [6, 6.07) is 16.6. The highest BCUT2D eigenvalue weighted by molar-refractivity contribution is 5.56. The number of anilines is 3. The van der Waals surface area contributed by atoms with Crippen molar-refractivity contribution in [1.29, 1.82) is 0 Å². The number of nitrogens with zero attached hydrogens (tertiary/aromatic N) is 5. The molecule has 1 aliphatic heterocycles. The third-order valence-corrected chi connectivity index (χ3v) is 4.77. The number of aromatic nitrogens is 3. The number of halogens is 1. The van der Waals surface area contributed by atoms with Gasteiger partial charge < -0.3 is 10.2 Å². The van der Waals surface area contributed by atoms with Crippen LogP contribution in [0.2, 0.25) is 0 Å². The Kier molecular flexibility index (Phi) is 6.07.